The standard InChI is InChI=1S/C25H28N6O2.ClH/c1-3-33-21-7-6-18-12-20(5-4-19(18)13-21)23-22-24(26)27-15-28-25(22)31(29-23)14-17-8-10-30(11-9-17)16(2)32;/h4-7,12-13,15,17H,3,8-11,14H2,1-2H3,(H2,26,27,28);1H. The van der Waals surface area contributed by atoms with Crippen molar-refractivity contribution in [3.05, 3.63) is 42.7 Å². The van der Waals surface area contributed by atoms with Gasteiger partial charge >= 0.3 is 0 Å². The molecule has 9 heteroatoms. The zero-order valence-electron chi connectivity index (χ0n) is 19.4. The van der Waals surface area contributed by atoms with E-state index < -0.39 is 0 Å². The highest BCUT2D eigenvalue weighted by molar-refractivity contribution is 6.00. The van der Waals surface area contributed by atoms with Gasteiger partial charge < -0.3 is 15.4 Å². The minimum absolute atomic E-state index is 0. The maximum Gasteiger partial charge on any atom is 0.219 e. The Labute approximate surface area is 204 Å². The van der Waals surface area contributed by atoms with Crippen LogP contribution < -0.4 is 10.5 Å². The Balaban J connectivity index is 0.00000274. The second-order valence-corrected chi connectivity index (χ2v) is 8.59. The Hall–Kier alpha value is -3.39. The van der Waals surface area contributed by atoms with Crippen LogP contribution in [0, 0.1) is 5.92 Å². The van der Waals surface area contributed by atoms with Crippen LogP contribution in [-0.4, -0.2) is 50.3 Å². The Bertz CT molecular complexity index is 1330. The van der Waals surface area contributed by atoms with Crippen LogP contribution in [0.25, 0.3) is 33.1 Å². The van der Waals surface area contributed by atoms with Gasteiger partial charge in [-0.2, -0.15) is 5.10 Å². The number of piperidine rings is 1. The smallest absolute Gasteiger partial charge is 0.219 e. The van der Waals surface area contributed by atoms with Crippen LogP contribution in [0.1, 0.15) is 26.7 Å². The molecule has 3 heterocycles. The highest BCUT2D eigenvalue weighted by atomic mass is 35.5. The number of benzene rings is 2. The molecule has 0 spiro atoms. The number of hydrogen-bond acceptors (Lipinski definition) is 6. The van der Waals surface area contributed by atoms with Crippen LogP contribution in [0.2, 0.25) is 0 Å². The summed E-state index contributed by atoms with van der Waals surface area (Å²) in [5, 5.41) is 7.94. The number of hydrogen-bond donors (Lipinski definition) is 1. The van der Waals surface area contributed by atoms with Crippen LogP contribution in [0.5, 0.6) is 5.75 Å². The minimum atomic E-state index is 0. The molecule has 1 aliphatic heterocycles. The molecule has 2 N–H and O–H groups in total. The quantitative estimate of drug-likeness (QED) is 0.457. The van der Waals surface area contributed by atoms with Gasteiger partial charge in [-0.05, 0) is 54.7 Å². The molecule has 0 unspecified atom stereocenters. The Morgan fingerprint density at radius 3 is 2.59 bits per heavy atom. The number of nitrogens with zero attached hydrogens (tertiary/aromatic N) is 5. The maximum absolute atomic E-state index is 11.7. The summed E-state index contributed by atoms with van der Waals surface area (Å²) in [6.07, 6.45) is 3.40. The van der Waals surface area contributed by atoms with Crippen LogP contribution in [-0.2, 0) is 11.3 Å². The van der Waals surface area contributed by atoms with Crippen molar-refractivity contribution in [2.75, 3.05) is 25.4 Å². The van der Waals surface area contributed by atoms with E-state index in [1.54, 1.807) is 6.92 Å². The predicted molar refractivity (Wildman–Crippen MR) is 136 cm³/mol. The monoisotopic (exact) mass is 480 g/mol. The zero-order valence-corrected chi connectivity index (χ0v) is 20.2. The molecule has 34 heavy (non-hydrogen) atoms. The lowest BCUT2D eigenvalue weighted by Crippen LogP contribution is -2.38. The summed E-state index contributed by atoms with van der Waals surface area (Å²) in [6.45, 7) is 6.57. The second-order valence-electron chi connectivity index (χ2n) is 8.59. The third kappa shape index (κ3) is 4.50. The highest BCUT2D eigenvalue weighted by Gasteiger charge is 2.24. The van der Waals surface area contributed by atoms with E-state index in [2.05, 4.69) is 34.2 Å². The number of rotatable bonds is 5. The number of nitrogen functional groups attached to an aromatic ring is 1. The van der Waals surface area contributed by atoms with Crippen LogP contribution in [0.15, 0.2) is 42.7 Å². The maximum atomic E-state index is 11.7. The highest BCUT2D eigenvalue weighted by Crippen LogP contribution is 2.33. The van der Waals surface area contributed by atoms with E-state index in [0.29, 0.717) is 18.3 Å². The molecular formula is C25H29ClN6O2. The van der Waals surface area contributed by atoms with E-state index in [1.165, 1.54) is 6.33 Å². The molecule has 1 aliphatic rings. The van der Waals surface area contributed by atoms with Crippen molar-refractivity contribution in [3.63, 3.8) is 0 Å². The number of carbonyl (C=O) groups is 1. The molecule has 0 bridgehead atoms. The number of amides is 1. The van der Waals surface area contributed by atoms with Gasteiger partial charge in [0.1, 0.15) is 23.6 Å². The molecule has 2 aromatic carbocycles. The molecule has 2 aromatic heterocycles. The Morgan fingerprint density at radius 2 is 1.85 bits per heavy atom. The number of ether oxygens (including phenoxy) is 1. The third-order valence-corrected chi connectivity index (χ3v) is 6.45. The molecule has 1 saturated heterocycles. The second kappa shape index (κ2) is 9.85. The third-order valence-electron chi connectivity index (χ3n) is 6.45. The van der Waals surface area contributed by atoms with Crippen molar-refractivity contribution in [2.45, 2.75) is 33.2 Å². The van der Waals surface area contributed by atoms with E-state index in [-0.39, 0.29) is 18.3 Å². The summed E-state index contributed by atoms with van der Waals surface area (Å²) in [5.41, 5.74) is 8.81. The van der Waals surface area contributed by atoms with Gasteiger partial charge in [-0.25, -0.2) is 14.6 Å². The normalized spacial score (nSPS) is 14.4. The van der Waals surface area contributed by atoms with Crippen molar-refractivity contribution < 1.29 is 9.53 Å². The summed E-state index contributed by atoms with van der Waals surface area (Å²) in [6, 6.07) is 12.3. The van der Waals surface area contributed by atoms with Crippen molar-refractivity contribution in [1.82, 2.24) is 24.6 Å². The Kier molecular flexibility index (Phi) is 6.88. The molecule has 178 valence electrons. The first-order chi connectivity index (χ1) is 16.0. The summed E-state index contributed by atoms with van der Waals surface area (Å²) >= 11 is 0. The number of nitrogens with two attached hydrogens (primary N) is 1. The molecule has 0 radical (unpaired) electrons. The van der Waals surface area contributed by atoms with E-state index >= 15 is 0 Å². The average molecular weight is 481 g/mol. The van der Waals surface area contributed by atoms with Gasteiger partial charge in [0.2, 0.25) is 5.91 Å². The number of fused-ring (bicyclic) bond motifs is 2. The largest absolute Gasteiger partial charge is 0.494 e. The van der Waals surface area contributed by atoms with Gasteiger partial charge in [0.15, 0.2) is 5.65 Å². The van der Waals surface area contributed by atoms with Gasteiger partial charge in [-0.1, -0.05) is 18.2 Å². The molecule has 8 nitrogen and oxygen atoms in total. The average Bonchev–Trinajstić information content (AvgIpc) is 3.19. The number of carbonyl (C=O) groups excluding carboxylic acids is 1. The van der Waals surface area contributed by atoms with E-state index in [1.807, 2.05) is 28.6 Å². The van der Waals surface area contributed by atoms with Gasteiger partial charge in [0.05, 0.1) is 12.0 Å². The molecule has 1 fully saturated rings. The van der Waals surface area contributed by atoms with Crippen LogP contribution in [0.3, 0.4) is 0 Å². The Morgan fingerprint density at radius 1 is 1.12 bits per heavy atom. The lowest BCUT2D eigenvalue weighted by atomic mass is 9.97. The van der Waals surface area contributed by atoms with Gasteiger partial charge in [-0.3, -0.25) is 4.79 Å². The summed E-state index contributed by atoms with van der Waals surface area (Å²) in [4.78, 5) is 22.3. The fourth-order valence-electron chi connectivity index (χ4n) is 4.66. The zero-order chi connectivity index (χ0) is 22.9. The van der Waals surface area contributed by atoms with Crippen molar-refractivity contribution >= 4 is 45.9 Å². The molecule has 0 aliphatic carbocycles. The van der Waals surface area contributed by atoms with E-state index in [9.17, 15) is 4.79 Å². The molecular weight excluding hydrogens is 452 g/mol. The fourth-order valence-corrected chi connectivity index (χ4v) is 4.66. The summed E-state index contributed by atoms with van der Waals surface area (Å²) in [7, 11) is 0. The van der Waals surface area contributed by atoms with Gasteiger partial charge in [0, 0.05) is 32.1 Å². The molecule has 5 rings (SSSR count). The first kappa shape index (κ1) is 23.8. The van der Waals surface area contributed by atoms with Crippen molar-refractivity contribution in [2.24, 2.45) is 5.92 Å². The minimum Gasteiger partial charge on any atom is -0.494 e. The van der Waals surface area contributed by atoms with E-state index in [0.717, 1.165) is 71.3 Å². The first-order valence-corrected chi connectivity index (χ1v) is 11.4. The van der Waals surface area contributed by atoms with Crippen molar-refractivity contribution in [1.29, 1.82) is 0 Å². The van der Waals surface area contributed by atoms with Crippen molar-refractivity contribution in [3.8, 4) is 17.0 Å². The summed E-state index contributed by atoms with van der Waals surface area (Å²) in [5.74, 6) is 1.87. The molecule has 4 aromatic rings. The predicted octanol–water partition coefficient (Wildman–Crippen LogP) is 4.31. The van der Waals surface area contributed by atoms with Gasteiger partial charge in [0.25, 0.3) is 0 Å². The van der Waals surface area contributed by atoms with Crippen LogP contribution in [0.4, 0.5) is 5.82 Å². The molecule has 1 amide bonds. The lowest BCUT2D eigenvalue weighted by Gasteiger charge is -2.31. The SMILES string of the molecule is CCOc1ccc2cc(-c3nn(CC4CCN(C(C)=O)CC4)c4ncnc(N)c34)ccc2c1.Cl. The van der Waals surface area contributed by atoms with Gasteiger partial charge in [-0.15, -0.1) is 12.4 Å². The number of likely N-dealkylation sites (tertiary alicyclic amines) is 1. The molecule has 0 atom stereocenters. The van der Waals surface area contributed by atoms with Crippen LogP contribution >= 0.6 is 12.4 Å². The fraction of sp³-hybridized carbons (Fsp3) is 0.360. The summed E-state index contributed by atoms with van der Waals surface area (Å²) < 4.78 is 7.58. The first-order valence-electron chi connectivity index (χ1n) is 11.4. The number of aromatic nitrogens is 4. The lowest BCUT2D eigenvalue weighted by molar-refractivity contribution is -0.130. The number of halogens is 1. The topological polar surface area (TPSA) is 99.2 Å². The van der Waals surface area contributed by atoms with E-state index in [4.69, 9.17) is 15.6 Å². The molecule has 0 saturated carbocycles. The number of anilines is 1.